The SMILES string of the molecule is CC1Cc2c(c(C(N)=O)cc3ccnc(Cl)c23)O1. The van der Waals surface area contributed by atoms with Crippen LogP contribution >= 0.6 is 11.6 Å². The number of fused-ring (bicyclic) bond motifs is 3. The fraction of sp³-hybridized carbons (Fsp3) is 0.231. The van der Waals surface area contributed by atoms with Crippen molar-refractivity contribution in [3.63, 3.8) is 0 Å². The third kappa shape index (κ3) is 1.53. The molecule has 0 saturated heterocycles. The summed E-state index contributed by atoms with van der Waals surface area (Å²) in [6.45, 7) is 1.95. The van der Waals surface area contributed by atoms with Crippen LogP contribution in [0.25, 0.3) is 10.8 Å². The predicted molar refractivity (Wildman–Crippen MR) is 69.1 cm³/mol. The van der Waals surface area contributed by atoms with Crippen molar-refractivity contribution in [2.24, 2.45) is 5.73 Å². The first kappa shape index (κ1) is 11.3. The van der Waals surface area contributed by atoms with Crippen molar-refractivity contribution in [2.45, 2.75) is 19.4 Å². The van der Waals surface area contributed by atoms with Gasteiger partial charge in [0.15, 0.2) is 0 Å². The molecular weight excluding hydrogens is 252 g/mol. The molecule has 1 aliphatic heterocycles. The fourth-order valence-corrected chi connectivity index (χ4v) is 2.69. The maximum Gasteiger partial charge on any atom is 0.252 e. The number of nitrogens with two attached hydrogens (primary N) is 1. The van der Waals surface area contributed by atoms with Gasteiger partial charge >= 0.3 is 0 Å². The van der Waals surface area contributed by atoms with E-state index in [2.05, 4.69) is 4.98 Å². The summed E-state index contributed by atoms with van der Waals surface area (Å²) in [5.41, 5.74) is 6.72. The lowest BCUT2D eigenvalue weighted by Gasteiger charge is -2.09. The van der Waals surface area contributed by atoms with Crippen molar-refractivity contribution in [3.8, 4) is 5.75 Å². The largest absolute Gasteiger partial charge is 0.489 e. The quantitative estimate of drug-likeness (QED) is 0.802. The number of benzene rings is 1. The molecule has 0 radical (unpaired) electrons. The Bertz CT molecular complexity index is 670. The molecule has 0 saturated carbocycles. The van der Waals surface area contributed by atoms with Crippen LogP contribution in [-0.4, -0.2) is 17.0 Å². The molecule has 0 bridgehead atoms. The molecule has 92 valence electrons. The van der Waals surface area contributed by atoms with Crippen LogP contribution < -0.4 is 10.5 Å². The zero-order chi connectivity index (χ0) is 12.9. The van der Waals surface area contributed by atoms with Crippen LogP contribution in [0.5, 0.6) is 5.75 Å². The zero-order valence-corrected chi connectivity index (χ0v) is 10.5. The number of hydrogen-bond acceptors (Lipinski definition) is 3. The lowest BCUT2D eigenvalue weighted by atomic mass is 9.99. The first-order valence-electron chi connectivity index (χ1n) is 5.64. The van der Waals surface area contributed by atoms with E-state index in [0.29, 0.717) is 22.9 Å². The van der Waals surface area contributed by atoms with E-state index in [1.807, 2.05) is 13.0 Å². The first-order valence-corrected chi connectivity index (χ1v) is 6.02. The maximum atomic E-state index is 11.5. The number of carbonyl (C=O) groups excluding carboxylic acids is 1. The first-order chi connectivity index (χ1) is 8.58. The standard InChI is InChI=1S/C13H11ClN2O2/c1-6-4-8-10-7(2-3-16-12(10)14)5-9(13(15)17)11(8)18-6/h2-3,5-6H,4H2,1H3,(H2,15,17). The lowest BCUT2D eigenvalue weighted by Crippen LogP contribution is -2.13. The molecule has 1 amide bonds. The smallest absolute Gasteiger partial charge is 0.252 e. The van der Waals surface area contributed by atoms with Gasteiger partial charge in [-0.2, -0.15) is 0 Å². The van der Waals surface area contributed by atoms with Crippen molar-refractivity contribution in [1.29, 1.82) is 0 Å². The summed E-state index contributed by atoms with van der Waals surface area (Å²) in [7, 11) is 0. The highest BCUT2D eigenvalue weighted by Gasteiger charge is 2.27. The van der Waals surface area contributed by atoms with Crippen LogP contribution in [0, 0.1) is 0 Å². The summed E-state index contributed by atoms with van der Waals surface area (Å²) in [6.07, 6.45) is 2.33. The summed E-state index contributed by atoms with van der Waals surface area (Å²) in [5, 5.41) is 2.14. The molecule has 2 heterocycles. The number of carbonyl (C=O) groups is 1. The van der Waals surface area contributed by atoms with Gasteiger partial charge < -0.3 is 10.5 Å². The normalized spacial score (nSPS) is 17.6. The molecule has 2 aromatic rings. The van der Waals surface area contributed by atoms with E-state index in [1.54, 1.807) is 12.3 Å². The molecule has 3 rings (SSSR count). The maximum absolute atomic E-state index is 11.5. The minimum atomic E-state index is -0.491. The summed E-state index contributed by atoms with van der Waals surface area (Å²) in [6, 6.07) is 3.53. The number of pyridine rings is 1. The summed E-state index contributed by atoms with van der Waals surface area (Å²) in [4.78, 5) is 15.6. The van der Waals surface area contributed by atoms with Gasteiger partial charge in [-0.05, 0) is 24.4 Å². The van der Waals surface area contributed by atoms with Crippen LogP contribution in [0.2, 0.25) is 5.15 Å². The Labute approximate surface area is 109 Å². The molecular formula is C13H11ClN2O2. The van der Waals surface area contributed by atoms with Crippen molar-refractivity contribution in [2.75, 3.05) is 0 Å². The van der Waals surface area contributed by atoms with Crippen molar-refractivity contribution >= 4 is 28.3 Å². The highest BCUT2D eigenvalue weighted by Crippen LogP contribution is 2.40. The second-order valence-electron chi connectivity index (χ2n) is 4.43. The lowest BCUT2D eigenvalue weighted by molar-refractivity contribution is 0.0996. The van der Waals surface area contributed by atoms with Gasteiger partial charge in [-0.3, -0.25) is 4.79 Å². The topological polar surface area (TPSA) is 65.2 Å². The molecule has 18 heavy (non-hydrogen) atoms. The molecule has 5 heteroatoms. The van der Waals surface area contributed by atoms with Gasteiger partial charge in [-0.15, -0.1) is 0 Å². The monoisotopic (exact) mass is 262 g/mol. The Morgan fingerprint density at radius 1 is 1.61 bits per heavy atom. The molecule has 0 spiro atoms. The predicted octanol–water partition coefficient (Wildman–Crippen LogP) is 2.31. The molecule has 2 N–H and O–H groups in total. The molecule has 1 aromatic carbocycles. The van der Waals surface area contributed by atoms with Gasteiger partial charge in [-0.1, -0.05) is 11.6 Å². The zero-order valence-electron chi connectivity index (χ0n) is 9.74. The summed E-state index contributed by atoms with van der Waals surface area (Å²) >= 11 is 6.14. The Morgan fingerprint density at radius 2 is 2.39 bits per heavy atom. The third-order valence-corrected chi connectivity index (χ3v) is 3.42. The van der Waals surface area contributed by atoms with E-state index < -0.39 is 5.91 Å². The van der Waals surface area contributed by atoms with E-state index in [0.717, 1.165) is 16.3 Å². The van der Waals surface area contributed by atoms with Gasteiger partial charge in [0.25, 0.3) is 5.91 Å². The second kappa shape index (κ2) is 3.85. The van der Waals surface area contributed by atoms with E-state index in [4.69, 9.17) is 22.1 Å². The van der Waals surface area contributed by atoms with Crippen LogP contribution in [-0.2, 0) is 6.42 Å². The highest BCUT2D eigenvalue weighted by atomic mass is 35.5. The van der Waals surface area contributed by atoms with E-state index in [1.165, 1.54) is 0 Å². The average Bonchev–Trinajstić information content (AvgIpc) is 2.68. The average molecular weight is 263 g/mol. The van der Waals surface area contributed by atoms with Gasteiger partial charge in [0, 0.05) is 23.6 Å². The van der Waals surface area contributed by atoms with Gasteiger partial charge in [0.1, 0.15) is 17.0 Å². The van der Waals surface area contributed by atoms with Crippen LogP contribution in [0.1, 0.15) is 22.8 Å². The van der Waals surface area contributed by atoms with Gasteiger partial charge in [0.05, 0.1) is 5.56 Å². The fourth-order valence-electron chi connectivity index (χ4n) is 2.41. The molecule has 0 fully saturated rings. The third-order valence-electron chi connectivity index (χ3n) is 3.13. The molecule has 4 nitrogen and oxygen atoms in total. The number of nitrogens with zero attached hydrogens (tertiary/aromatic N) is 1. The van der Waals surface area contributed by atoms with E-state index >= 15 is 0 Å². The molecule has 1 unspecified atom stereocenters. The number of rotatable bonds is 1. The van der Waals surface area contributed by atoms with E-state index in [9.17, 15) is 4.79 Å². The number of aromatic nitrogens is 1. The Hall–Kier alpha value is -1.81. The minimum absolute atomic E-state index is 0.0139. The van der Waals surface area contributed by atoms with Crippen molar-refractivity contribution in [3.05, 3.63) is 34.6 Å². The van der Waals surface area contributed by atoms with Crippen LogP contribution in [0.4, 0.5) is 0 Å². The Balaban J connectivity index is 2.43. The second-order valence-corrected chi connectivity index (χ2v) is 4.79. The number of hydrogen-bond donors (Lipinski definition) is 1. The number of ether oxygens (including phenoxy) is 1. The van der Waals surface area contributed by atoms with Crippen LogP contribution in [0.3, 0.4) is 0 Å². The summed E-state index contributed by atoms with van der Waals surface area (Å²) < 4.78 is 5.68. The highest BCUT2D eigenvalue weighted by molar-refractivity contribution is 6.34. The number of amides is 1. The Morgan fingerprint density at radius 3 is 3.11 bits per heavy atom. The van der Waals surface area contributed by atoms with Crippen molar-refractivity contribution < 1.29 is 9.53 Å². The summed E-state index contributed by atoms with van der Waals surface area (Å²) in [5.74, 6) is 0.0626. The van der Waals surface area contributed by atoms with Crippen LogP contribution in [0.15, 0.2) is 18.3 Å². The molecule has 1 atom stereocenters. The van der Waals surface area contributed by atoms with E-state index in [-0.39, 0.29) is 6.10 Å². The number of halogens is 1. The minimum Gasteiger partial charge on any atom is -0.489 e. The van der Waals surface area contributed by atoms with Gasteiger partial charge in [-0.25, -0.2) is 4.98 Å². The molecule has 1 aromatic heterocycles. The van der Waals surface area contributed by atoms with Gasteiger partial charge in [0.2, 0.25) is 0 Å². The Kier molecular flexibility index (Phi) is 2.41. The molecule has 1 aliphatic rings. The number of primary amides is 1. The van der Waals surface area contributed by atoms with Crippen molar-refractivity contribution in [1.82, 2.24) is 4.98 Å². The molecule has 0 aliphatic carbocycles.